The molecule has 27 heavy (non-hydrogen) atoms. The first-order chi connectivity index (χ1) is 13.1. The Kier molecular flexibility index (Phi) is 5.88. The lowest BCUT2D eigenvalue weighted by Gasteiger charge is -2.12. The second kappa shape index (κ2) is 8.51. The minimum atomic E-state index is 1.07. The summed E-state index contributed by atoms with van der Waals surface area (Å²) < 4.78 is 0. The molecule has 0 bridgehead atoms. The van der Waals surface area contributed by atoms with Crippen LogP contribution in [0.4, 0.5) is 0 Å². The molecule has 0 aliphatic rings. The second-order valence-corrected chi connectivity index (χ2v) is 6.87. The Morgan fingerprint density at radius 2 is 1.56 bits per heavy atom. The van der Waals surface area contributed by atoms with E-state index in [1.54, 1.807) is 0 Å². The van der Waals surface area contributed by atoms with Gasteiger partial charge in [-0.05, 0) is 59.7 Å². The molecule has 0 saturated heterocycles. The summed E-state index contributed by atoms with van der Waals surface area (Å²) in [5.74, 6) is 0. The van der Waals surface area contributed by atoms with Crippen LogP contribution in [-0.4, -0.2) is 0 Å². The molecule has 0 radical (unpaired) electrons. The van der Waals surface area contributed by atoms with E-state index in [1.807, 2.05) is 6.07 Å². The molecule has 3 aromatic carbocycles. The highest BCUT2D eigenvalue weighted by atomic mass is 14.1. The van der Waals surface area contributed by atoms with Gasteiger partial charge < -0.3 is 0 Å². The van der Waals surface area contributed by atoms with Gasteiger partial charge in [-0.2, -0.15) is 0 Å². The zero-order valence-corrected chi connectivity index (χ0v) is 16.4. The van der Waals surface area contributed by atoms with Crippen molar-refractivity contribution in [3.8, 4) is 0 Å². The van der Waals surface area contributed by atoms with Gasteiger partial charge in [0.2, 0.25) is 0 Å². The van der Waals surface area contributed by atoms with Crippen molar-refractivity contribution in [2.45, 2.75) is 20.8 Å². The van der Waals surface area contributed by atoms with Crippen LogP contribution in [-0.2, 0) is 0 Å². The van der Waals surface area contributed by atoms with Crippen molar-refractivity contribution < 1.29 is 0 Å². The first-order valence-corrected chi connectivity index (χ1v) is 9.35. The number of hydrogen-bond acceptors (Lipinski definition) is 0. The summed E-state index contributed by atoms with van der Waals surface area (Å²) in [5, 5.41) is 0. The second-order valence-electron chi connectivity index (χ2n) is 6.87. The molecule has 0 spiro atoms. The molecule has 0 unspecified atom stereocenters. The zero-order chi connectivity index (χ0) is 19.2. The molecule has 0 aromatic heterocycles. The van der Waals surface area contributed by atoms with E-state index in [0.29, 0.717) is 0 Å². The average molecular weight is 351 g/mol. The van der Waals surface area contributed by atoms with E-state index in [4.69, 9.17) is 0 Å². The standard InChI is InChI=1S/C27H26/c1-5-24(15-14-23-11-7-6-8-12-23)27-17-16-26(19-21(27)3)22(4)25-13-9-10-20(2)18-25/h5-19H,4H2,1-3H3/b15-14+,24-5-. The van der Waals surface area contributed by atoms with Crippen LogP contribution in [0.5, 0.6) is 0 Å². The van der Waals surface area contributed by atoms with E-state index < -0.39 is 0 Å². The summed E-state index contributed by atoms with van der Waals surface area (Å²) in [4.78, 5) is 0. The highest BCUT2D eigenvalue weighted by Crippen LogP contribution is 2.28. The Balaban J connectivity index is 1.87. The van der Waals surface area contributed by atoms with Crippen LogP contribution >= 0.6 is 0 Å². The molecule has 0 heteroatoms. The van der Waals surface area contributed by atoms with Gasteiger partial charge in [0, 0.05) is 0 Å². The van der Waals surface area contributed by atoms with Crippen LogP contribution in [0, 0.1) is 13.8 Å². The Morgan fingerprint density at radius 1 is 0.815 bits per heavy atom. The number of hydrogen-bond donors (Lipinski definition) is 0. The van der Waals surface area contributed by atoms with Gasteiger partial charge in [-0.1, -0.05) is 103 Å². The topological polar surface area (TPSA) is 0 Å². The Labute approximate surface area is 163 Å². The highest BCUT2D eigenvalue weighted by Gasteiger charge is 2.07. The maximum Gasteiger partial charge on any atom is -0.0158 e. The van der Waals surface area contributed by atoms with Gasteiger partial charge in [0.25, 0.3) is 0 Å². The third-order valence-electron chi connectivity index (χ3n) is 4.82. The lowest BCUT2D eigenvalue weighted by molar-refractivity contribution is 1.39. The van der Waals surface area contributed by atoms with Gasteiger partial charge in [0.1, 0.15) is 0 Å². The highest BCUT2D eigenvalue weighted by molar-refractivity contribution is 5.83. The maximum absolute atomic E-state index is 4.32. The van der Waals surface area contributed by atoms with E-state index in [1.165, 1.54) is 39.0 Å². The fourth-order valence-electron chi connectivity index (χ4n) is 3.27. The Hall–Kier alpha value is -3.12. The van der Waals surface area contributed by atoms with Crippen LogP contribution in [0.3, 0.4) is 0 Å². The largest absolute Gasteiger partial charge is 0.0906 e. The monoisotopic (exact) mass is 350 g/mol. The maximum atomic E-state index is 4.32. The lowest BCUT2D eigenvalue weighted by Crippen LogP contribution is -1.92. The first-order valence-electron chi connectivity index (χ1n) is 9.35. The summed E-state index contributed by atoms with van der Waals surface area (Å²) >= 11 is 0. The van der Waals surface area contributed by atoms with Gasteiger partial charge in [0.05, 0.1) is 0 Å². The molecular formula is C27H26. The van der Waals surface area contributed by atoms with Crippen molar-refractivity contribution >= 4 is 17.2 Å². The van der Waals surface area contributed by atoms with Crippen LogP contribution in [0.25, 0.3) is 17.2 Å². The summed E-state index contributed by atoms with van der Waals surface area (Å²) in [7, 11) is 0. The molecule has 0 fully saturated rings. The first kappa shape index (κ1) is 18.7. The Bertz CT molecular complexity index is 1000. The normalized spacial score (nSPS) is 11.7. The minimum absolute atomic E-state index is 1.07. The molecule has 3 rings (SSSR count). The summed E-state index contributed by atoms with van der Waals surface area (Å²) in [6.45, 7) is 10.7. The quantitative estimate of drug-likeness (QED) is 0.418. The minimum Gasteiger partial charge on any atom is -0.0906 e. The smallest absolute Gasteiger partial charge is 0.0158 e. The van der Waals surface area contributed by atoms with E-state index in [-0.39, 0.29) is 0 Å². The molecule has 0 nitrogen and oxygen atoms in total. The van der Waals surface area contributed by atoms with E-state index >= 15 is 0 Å². The molecule has 0 aliphatic carbocycles. The molecule has 3 aromatic rings. The average Bonchev–Trinajstić information content (AvgIpc) is 2.69. The van der Waals surface area contributed by atoms with Crippen molar-refractivity contribution in [1.29, 1.82) is 0 Å². The third-order valence-corrected chi connectivity index (χ3v) is 4.82. The Morgan fingerprint density at radius 3 is 2.22 bits per heavy atom. The van der Waals surface area contributed by atoms with Crippen molar-refractivity contribution in [1.82, 2.24) is 0 Å². The molecular weight excluding hydrogens is 324 g/mol. The van der Waals surface area contributed by atoms with E-state index in [2.05, 4.69) is 112 Å². The summed E-state index contributed by atoms with van der Waals surface area (Å²) in [6.07, 6.45) is 6.51. The fraction of sp³-hybridized carbons (Fsp3) is 0.111. The fourth-order valence-corrected chi connectivity index (χ4v) is 3.27. The SMILES string of the molecule is C=C(c1cccc(C)c1)c1ccc(C(=C\C)/C=C/c2ccccc2)c(C)c1. The zero-order valence-electron chi connectivity index (χ0n) is 16.4. The number of rotatable bonds is 5. The van der Waals surface area contributed by atoms with Gasteiger partial charge in [-0.3, -0.25) is 0 Å². The molecule has 0 amide bonds. The number of benzene rings is 3. The molecule has 0 saturated carbocycles. The van der Waals surface area contributed by atoms with Crippen molar-refractivity contribution in [2.75, 3.05) is 0 Å². The van der Waals surface area contributed by atoms with Crippen molar-refractivity contribution in [3.63, 3.8) is 0 Å². The van der Waals surface area contributed by atoms with Crippen LogP contribution in [0.1, 0.15) is 40.3 Å². The van der Waals surface area contributed by atoms with Gasteiger partial charge in [0.15, 0.2) is 0 Å². The molecule has 0 heterocycles. The predicted molar refractivity (Wildman–Crippen MR) is 120 cm³/mol. The predicted octanol–water partition coefficient (Wildman–Crippen LogP) is 7.48. The molecule has 134 valence electrons. The van der Waals surface area contributed by atoms with Crippen LogP contribution in [0.15, 0.2) is 91.5 Å². The van der Waals surface area contributed by atoms with Crippen LogP contribution < -0.4 is 0 Å². The number of aryl methyl sites for hydroxylation is 2. The molecule has 0 aliphatic heterocycles. The van der Waals surface area contributed by atoms with Crippen LogP contribution in [0.2, 0.25) is 0 Å². The van der Waals surface area contributed by atoms with Gasteiger partial charge in [-0.15, -0.1) is 0 Å². The lowest BCUT2D eigenvalue weighted by atomic mass is 9.92. The van der Waals surface area contributed by atoms with Crippen molar-refractivity contribution in [3.05, 3.63) is 125 Å². The van der Waals surface area contributed by atoms with Gasteiger partial charge in [-0.25, -0.2) is 0 Å². The van der Waals surface area contributed by atoms with E-state index in [0.717, 1.165) is 5.57 Å². The number of allylic oxidation sites excluding steroid dienone is 3. The molecule has 0 atom stereocenters. The molecule has 0 N–H and O–H groups in total. The summed E-state index contributed by atoms with van der Waals surface area (Å²) in [5.41, 5.74) is 9.61. The summed E-state index contributed by atoms with van der Waals surface area (Å²) in [6, 6.07) is 25.5. The third kappa shape index (κ3) is 4.54. The van der Waals surface area contributed by atoms with Gasteiger partial charge >= 0.3 is 0 Å². The van der Waals surface area contributed by atoms with E-state index in [9.17, 15) is 0 Å². The van der Waals surface area contributed by atoms with Crippen molar-refractivity contribution in [2.24, 2.45) is 0 Å².